The number of carbonyl (C=O) groups excluding carboxylic acids is 3. The Morgan fingerprint density at radius 2 is 1.88 bits per heavy atom. The van der Waals surface area contributed by atoms with Crippen LogP contribution in [0.25, 0.3) is 0 Å². The van der Waals surface area contributed by atoms with Crippen molar-refractivity contribution in [2.45, 2.75) is 27.3 Å². The van der Waals surface area contributed by atoms with Crippen molar-refractivity contribution in [3.05, 3.63) is 47.3 Å². The number of amides is 3. The highest BCUT2D eigenvalue weighted by atomic mass is 16.2. The molecular formula is C16H19N5O3. The highest BCUT2D eigenvalue weighted by Crippen LogP contribution is 2.10. The molecule has 0 spiro atoms. The first-order chi connectivity index (χ1) is 11.3. The minimum atomic E-state index is -0.482. The van der Waals surface area contributed by atoms with Crippen LogP contribution in [0.2, 0.25) is 0 Å². The summed E-state index contributed by atoms with van der Waals surface area (Å²) in [5.74, 6) is -1.11. The highest BCUT2D eigenvalue weighted by Gasteiger charge is 2.10. The molecule has 2 aromatic rings. The van der Waals surface area contributed by atoms with E-state index >= 15 is 0 Å². The van der Waals surface area contributed by atoms with Crippen LogP contribution in [0, 0.1) is 13.8 Å². The van der Waals surface area contributed by atoms with E-state index in [2.05, 4.69) is 21.3 Å². The minimum absolute atomic E-state index is 0.00584. The zero-order valence-electron chi connectivity index (χ0n) is 13.7. The second-order valence-corrected chi connectivity index (χ2v) is 5.35. The van der Waals surface area contributed by atoms with Gasteiger partial charge in [0.05, 0.1) is 5.69 Å². The van der Waals surface area contributed by atoms with E-state index in [1.807, 2.05) is 19.9 Å². The van der Waals surface area contributed by atoms with E-state index in [1.54, 1.807) is 22.9 Å². The van der Waals surface area contributed by atoms with Gasteiger partial charge in [0.15, 0.2) is 0 Å². The second kappa shape index (κ2) is 7.40. The maximum atomic E-state index is 12.0. The smallest absolute Gasteiger partial charge is 0.269 e. The topological polar surface area (TPSA) is 105 Å². The lowest BCUT2D eigenvalue weighted by molar-refractivity contribution is -0.122. The van der Waals surface area contributed by atoms with Crippen LogP contribution >= 0.6 is 0 Å². The Balaban J connectivity index is 1.91. The number of aryl methyl sites for hydroxylation is 2. The predicted molar refractivity (Wildman–Crippen MR) is 88.1 cm³/mol. The first kappa shape index (κ1) is 17.2. The molecule has 0 radical (unpaired) electrons. The van der Waals surface area contributed by atoms with Crippen molar-refractivity contribution in [1.82, 2.24) is 20.6 Å². The molecule has 0 aliphatic heterocycles. The number of hydrogen-bond acceptors (Lipinski definition) is 4. The number of hydrogen-bond donors (Lipinski definition) is 3. The molecule has 0 fully saturated rings. The predicted octanol–water partition coefficient (Wildman–Crippen LogP) is 0.920. The largest absolute Gasteiger partial charge is 0.326 e. The summed E-state index contributed by atoms with van der Waals surface area (Å²) < 4.78 is 1.55. The summed E-state index contributed by atoms with van der Waals surface area (Å²) in [5, 5.41) is 6.77. The molecule has 1 heterocycles. The lowest BCUT2D eigenvalue weighted by Crippen LogP contribution is -2.43. The fourth-order valence-electron chi connectivity index (χ4n) is 2.15. The zero-order valence-corrected chi connectivity index (χ0v) is 13.7. The Morgan fingerprint density at radius 3 is 2.50 bits per heavy atom. The van der Waals surface area contributed by atoms with Gasteiger partial charge in [0.25, 0.3) is 11.8 Å². The van der Waals surface area contributed by atoms with Crippen molar-refractivity contribution >= 4 is 23.4 Å². The lowest BCUT2D eigenvalue weighted by atomic mass is 10.2. The van der Waals surface area contributed by atoms with Crippen LogP contribution in [-0.4, -0.2) is 27.5 Å². The van der Waals surface area contributed by atoms with Crippen LogP contribution in [0.3, 0.4) is 0 Å². The fourth-order valence-corrected chi connectivity index (χ4v) is 2.15. The van der Waals surface area contributed by atoms with Crippen molar-refractivity contribution < 1.29 is 14.4 Å². The number of rotatable bonds is 4. The quantitative estimate of drug-likeness (QED) is 0.725. The summed E-state index contributed by atoms with van der Waals surface area (Å²) >= 11 is 0. The maximum Gasteiger partial charge on any atom is 0.269 e. The van der Waals surface area contributed by atoms with Crippen molar-refractivity contribution in [1.29, 1.82) is 0 Å². The molecule has 3 amide bonds. The first-order valence-corrected chi connectivity index (χ1v) is 7.33. The van der Waals surface area contributed by atoms with E-state index in [0.29, 0.717) is 11.3 Å². The number of carbonyl (C=O) groups is 3. The van der Waals surface area contributed by atoms with Crippen LogP contribution in [0.1, 0.15) is 28.7 Å². The van der Waals surface area contributed by atoms with Crippen LogP contribution in [0.5, 0.6) is 0 Å². The molecule has 1 aromatic heterocycles. The Kier molecular flexibility index (Phi) is 5.31. The van der Waals surface area contributed by atoms with Gasteiger partial charge in [0.2, 0.25) is 5.91 Å². The lowest BCUT2D eigenvalue weighted by Gasteiger charge is -2.09. The third kappa shape index (κ3) is 4.67. The average Bonchev–Trinajstić information content (AvgIpc) is 2.82. The average molecular weight is 329 g/mol. The third-order valence-electron chi connectivity index (χ3n) is 3.16. The Morgan fingerprint density at radius 1 is 1.12 bits per heavy atom. The maximum absolute atomic E-state index is 12.0. The summed E-state index contributed by atoms with van der Waals surface area (Å²) in [4.78, 5) is 35.0. The monoisotopic (exact) mass is 329 g/mol. The minimum Gasteiger partial charge on any atom is -0.326 e. The second-order valence-electron chi connectivity index (χ2n) is 5.35. The summed E-state index contributed by atoms with van der Waals surface area (Å²) in [7, 11) is 0. The van der Waals surface area contributed by atoms with Crippen LogP contribution in [0.4, 0.5) is 5.69 Å². The van der Waals surface area contributed by atoms with Crippen molar-refractivity contribution in [2.24, 2.45) is 0 Å². The van der Waals surface area contributed by atoms with Gasteiger partial charge in [-0.3, -0.25) is 29.9 Å². The Labute approximate surface area is 139 Å². The number of benzene rings is 1. The van der Waals surface area contributed by atoms with Crippen LogP contribution in [0.15, 0.2) is 30.3 Å². The molecule has 0 saturated heterocycles. The van der Waals surface area contributed by atoms with Crippen LogP contribution in [-0.2, 0) is 16.1 Å². The molecule has 1 aromatic carbocycles. The molecule has 8 heteroatoms. The van der Waals surface area contributed by atoms with Gasteiger partial charge in [-0.2, -0.15) is 5.10 Å². The van der Waals surface area contributed by atoms with Gasteiger partial charge in [0.1, 0.15) is 6.54 Å². The molecular weight excluding hydrogens is 310 g/mol. The van der Waals surface area contributed by atoms with E-state index in [1.165, 1.54) is 13.0 Å². The van der Waals surface area contributed by atoms with Crippen LogP contribution < -0.4 is 16.2 Å². The molecule has 0 aliphatic carbocycles. The molecule has 0 unspecified atom stereocenters. The molecule has 8 nitrogen and oxygen atoms in total. The van der Waals surface area contributed by atoms with E-state index in [9.17, 15) is 14.4 Å². The first-order valence-electron chi connectivity index (χ1n) is 7.33. The van der Waals surface area contributed by atoms with Crippen molar-refractivity contribution in [3.63, 3.8) is 0 Å². The molecule has 0 aliphatic rings. The molecule has 0 atom stereocenters. The Hall–Kier alpha value is -3.16. The zero-order chi connectivity index (χ0) is 17.7. The van der Waals surface area contributed by atoms with Gasteiger partial charge in [-0.1, -0.05) is 6.07 Å². The number of nitrogens with zero attached hydrogens (tertiary/aromatic N) is 2. The van der Waals surface area contributed by atoms with Gasteiger partial charge in [0, 0.05) is 23.9 Å². The van der Waals surface area contributed by atoms with Crippen molar-refractivity contribution in [2.75, 3.05) is 5.32 Å². The molecule has 126 valence electrons. The summed E-state index contributed by atoms with van der Waals surface area (Å²) in [6.45, 7) is 5.07. The molecule has 0 bridgehead atoms. The fraction of sp³-hybridized carbons (Fsp3) is 0.250. The molecule has 24 heavy (non-hydrogen) atoms. The number of aromatic nitrogens is 2. The molecule has 3 N–H and O–H groups in total. The standard InChI is InChI=1S/C16H19N5O3/c1-10-7-11(2)21(20-10)9-15(23)18-19-16(24)13-5-4-6-14(8-13)17-12(3)22/h4-8H,9H2,1-3H3,(H,17,22)(H,18,23)(H,19,24). The van der Waals surface area contributed by atoms with Crippen molar-refractivity contribution in [3.8, 4) is 0 Å². The third-order valence-corrected chi connectivity index (χ3v) is 3.16. The van der Waals surface area contributed by atoms with E-state index in [0.717, 1.165) is 11.4 Å². The van der Waals surface area contributed by atoms with E-state index < -0.39 is 11.8 Å². The van der Waals surface area contributed by atoms with Gasteiger partial charge < -0.3 is 5.32 Å². The van der Waals surface area contributed by atoms with Gasteiger partial charge >= 0.3 is 0 Å². The molecule has 2 rings (SSSR count). The SMILES string of the molecule is CC(=O)Nc1cccc(C(=O)NNC(=O)Cn2nc(C)cc2C)c1. The van der Waals surface area contributed by atoms with E-state index in [4.69, 9.17) is 0 Å². The highest BCUT2D eigenvalue weighted by molar-refractivity contribution is 5.97. The summed E-state index contributed by atoms with van der Waals surface area (Å²) in [6.07, 6.45) is 0. The van der Waals surface area contributed by atoms with E-state index in [-0.39, 0.29) is 12.5 Å². The molecule has 0 saturated carbocycles. The number of nitrogens with one attached hydrogen (secondary N) is 3. The van der Waals surface area contributed by atoms with Gasteiger partial charge in [-0.25, -0.2) is 0 Å². The normalized spacial score (nSPS) is 10.1. The van der Waals surface area contributed by atoms with Gasteiger partial charge in [-0.05, 0) is 38.1 Å². The summed E-state index contributed by atoms with van der Waals surface area (Å²) in [5.41, 5.74) is 7.17. The number of anilines is 1. The Bertz CT molecular complexity index is 782. The van der Waals surface area contributed by atoms with Gasteiger partial charge in [-0.15, -0.1) is 0 Å². The number of hydrazine groups is 1. The summed E-state index contributed by atoms with van der Waals surface area (Å²) in [6, 6.07) is 8.26.